The van der Waals surface area contributed by atoms with Crippen LogP contribution in [0.25, 0.3) is 0 Å². The van der Waals surface area contributed by atoms with Gasteiger partial charge >= 0.3 is 0 Å². The summed E-state index contributed by atoms with van der Waals surface area (Å²) in [5.41, 5.74) is 2.85. The first-order valence-corrected chi connectivity index (χ1v) is 10.2. The molecule has 0 fully saturated rings. The molecule has 0 saturated heterocycles. The maximum Gasteiger partial charge on any atom is 0.270 e. The van der Waals surface area contributed by atoms with E-state index in [0.29, 0.717) is 17.7 Å². The molecule has 3 aromatic rings. The number of hydrogen-bond acceptors (Lipinski definition) is 4. The van der Waals surface area contributed by atoms with E-state index < -0.39 is 6.04 Å². The number of carbonyl (C=O) groups excluding carboxylic acids is 1. The molecule has 0 radical (unpaired) electrons. The highest BCUT2D eigenvalue weighted by atomic mass is 79.9. The lowest BCUT2D eigenvalue weighted by molar-refractivity contribution is -0.121. The Labute approximate surface area is 178 Å². The van der Waals surface area contributed by atoms with E-state index in [1.807, 2.05) is 55.5 Å². The van der Waals surface area contributed by atoms with Crippen molar-refractivity contribution >= 4 is 21.7 Å². The molecule has 1 aromatic heterocycles. The standard InChI is InChI=1S/C23H23BrN2O3/c1-15-12-19(14-18-6-4-5-7-22(18)29-3)23(28)26(25-15)16(2)21(27)13-17-8-10-20(24)11-9-17/h4-12,16H,13-14H2,1-3H3. The van der Waals surface area contributed by atoms with E-state index in [1.165, 1.54) is 4.68 Å². The zero-order valence-corrected chi connectivity index (χ0v) is 18.3. The molecule has 0 bridgehead atoms. The molecule has 0 aliphatic heterocycles. The quantitative estimate of drug-likeness (QED) is 0.534. The summed E-state index contributed by atoms with van der Waals surface area (Å²) in [6.45, 7) is 3.55. The predicted octanol–water partition coefficient (Wildman–Crippen LogP) is 4.29. The van der Waals surface area contributed by atoms with E-state index >= 15 is 0 Å². The summed E-state index contributed by atoms with van der Waals surface area (Å²) in [4.78, 5) is 25.9. The van der Waals surface area contributed by atoms with Crippen LogP contribution < -0.4 is 10.3 Å². The minimum Gasteiger partial charge on any atom is -0.496 e. The summed E-state index contributed by atoms with van der Waals surface area (Å²) in [6, 6.07) is 16.3. The third kappa shape index (κ3) is 5.01. The van der Waals surface area contributed by atoms with Crippen molar-refractivity contribution in [3.8, 4) is 5.75 Å². The van der Waals surface area contributed by atoms with Crippen molar-refractivity contribution in [2.45, 2.75) is 32.7 Å². The van der Waals surface area contributed by atoms with Gasteiger partial charge in [0, 0.05) is 22.9 Å². The van der Waals surface area contributed by atoms with Crippen LogP contribution in [0.5, 0.6) is 5.75 Å². The molecule has 0 saturated carbocycles. The second-order valence-corrected chi connectivity index (χ2v) is 7.91. The third-order valence-electron chi connectivity index (χ3n) is 4.83. The number of rotatable bonds is 7. The van der Waals surface area contributed by atoms with Crippen molar-refractivity contribution in [2.24, 2.45) is 0 Å². The molecular formula is C23H23BrN2O3. The first-order chi connectivity index (χ1) is 13.9. The molecule has 0 amide bonds. The fourth-order valence-electron chi connectivity index (χ4n) is 3.24. The lowest BCUT2D eigenvalue weighted by atomic mass is 10.0. The number of para-hydroxylation sites is 1. The average molecular weight is 455 g/mol. The first kappa shape index (κ1) is 21.0. The van der Waals surface area contributed by atoms with Gasteiger partial charge in [-0.1, -0.05) is 46.3 Å². The van der Waals surface area contributed by atoms with Gasteiger partial charge in [-0.15, -0.1) is 0 Å². The maximum atomic E-state index is 13.1. The lowest BCUT2D eigenvalue weighted by Gasteiger charge is -2.16. The third-order valence-corrected chi connectivity index (χ3v) is 5.36. The van der Waals surface area contributed by atoms with E-state index in [4.69, 9.17) is 4.74 Å². The molecule has 0 aliphatic rings. The molecule has 6 heteroatoms. The highest BCUT2D eigenvalue weighted by Gasteiger charge is 2.20. The van der Waals surface area contributed by atoms with Crippen molar-refractivity contribution in [2.75, 3.05) is 7.11 Å². The Hall–Kier alpha value is -2.73. The Morgan fingerprint density at radius 3 is 2.52 bits per heavy atom. The van der Waals surface area contributed by atoms with Crippen LogP contribution in [-0.4, -0.2) is 22.7 Å². The Balaban J connectivity index is 1.88. The van der Waals surface area contributed by atoms with E-state index in [1.54, 1.807) is 20.1 Å². The molecule has 29 heavy (non-hydrogen) atoms. The number of benzene rings is 2. The van der Waals surface area contributed by atoms with Gasteiger partial charge in [0.2, 0.25) is 0 Å². The normalized spacial score (nSPS) is 11.9. The summed E-state index contributed by atoms with van der Waals surface area (Å²) in [7, 11) is 1.61. The van der Waals surface area contributed by atoms with Gasteiger partial charge in [-0.05, 0) is 49.2 Å². The van der Waals surface area contributed by atoms with Crippen LogP contribution in [0.15, 0.2) is 63.9 Å². The average Bonchev–Trinajstić information content (AvgIpc) is 2.72. The van der Waals surface area contributed by atoms with E-state index in [-0.39, 0.29) is 17.8 Å². The number of ether oxygens (including phenoxy) is 1. The summed E-state index contributed by atoms with van der Waals surface area (Å²) >= 11 is 3.39. The zero-order valence-electron chi connectivity index (χ0n) is 16.7. The van der Waals surface area contributed by atoms with Crippen molar-refractivity contribution < 1.29 is 9.53 Å². The van der Waals surface area contributed by atoms with Crippen molar-refractivity contribution in [3.63, 3.8) is 0 Å². The zero-order chi connectivity index (χ0) is 21.0. The number of nitrogens with zero attached hydrogens (tertiary/aromatic N) is 2. The van der Waals surface area contributed by atoms with Crippen LogP contribution in [0.2, 0.25) is 0 Å². The van der Waals surface area contributed by atoms with Crippen LogP contribution in [-0.2, 0) is 17.6 Å². The fraction of sp³-hybridized carbons (Fsp3) is 0.261. The molecule has 0 spiro atoms. The van der Waals surface area contributed by atoms with Gasteiger partial charge in [-0.3, -0.25) is 9.59 Å². The number of halogens is 1. The summed E-state index contributed by atoms with van der Waals surface area (Å²) in [6.07, 6.45) is 0.665. The highest BCUT2D eigenvalue weighted by molar-refractivity contribution is 9.10. The van der Waals surface area contributed by atoms with Crippen LogP contribution >= 0.6 is 15.9 Å². The largest absolute Gasteiger partial charge is 0.496 e. The topological polar surface area (TPSA) is 61.2 Å². The summed E-state index contributed by atoms with van der Waals surface area (Å²) in [5.74, 6) is 0.669. The SMILES string of the molecule is COc1ccccc1Cc1cc(C)nn(C(C)C(=O)Cc2ccc(Br)cc2)c1=O. The van der Waals surface area contributed by atoms with Gasteiger partial charge in [0.05, 0.1) is 12.8 Å². The molecule has 150 valence electrons. The Kier molecular flexibility index (Phi) is 6.64. The minimum absolute atomic E-state index is 0.0595. The number of carbonyl (C=O) groups is 1. The summed E-state index contributed by atoms with van der Waals surface area (Å²) < 4.78 is 7.66. The van der Waals surface area contributed by atoms with Crippen LogP contribution in [0, 0.1) is 6.92 Å². The molecule has 3 rings (SSSR count). The van der Waals surface area contributed by atoms with Gasteiger partial charge in [0.25, 0.3) is 5.56 Å². The molecule has 2 aromatic carbocycles. The second kappa shape index (κ2) is 9.18. The molecule has 1 unspecified atom stereocenters. The first-order valence-electron chi connectivity index (χ1n) is 9.37. The molecular weight excluding hydrogens is 432 g/mol. The van der Waals surface area contributed by atoms with Gasteiger partial charge in [0.15, 0.2) is 5.78 Å². The number of aromatic nitrogens is 2. The number of aryl methyl sites for hydroxylation is 1. The van der Waals surface area contributed by atoms with E-state index in [0.717, 1.165) is 21.3 Å². The predicted molar refractivity (Wildman–Crippen MR) is 117 cm³/mol. The number of hydrogen-bond donors (Lipinski definition) is 0. The number of methoxy groups -OCH3 is 1. The van der Waals surface area contributed by atoms with Gasteiger partial charge < -0.3 is 4.74 Å². The lowest BCUT2D eigenvalue weighted by Crippen LogP contribution is -2.33. The van der Waals surface area contributed by atoms with E-state index in [2.05, 4.69) is 21.0 Å². The smallest absolute Gasteiger partial charge is 0.270 e. The van der Waals surface area contributed by atoms with E-state index in [9.17, 15) is 9.59 Å². The van der Waals surface area contributed by atoms with Crippen LogP contribution in [0.4, 0.5) is 0 Å². The Morgan fingerprint density at radius 2 is 1.83 bits per heavy atom. The molecule has 1 atom stereocenters. The number of ketones is 1. The fourth-order valence-corrected chi connectivity index (χ4v) is 3.50. The summed E-state index contributed by atoms with van der Waals surface area (Å²) in [5, 5.41) is 4.34. The molecule has 0 N–H and O–H groups in total. The molecule has 5 nitrogen and oxygen atoms in total. The Morgan fingerprint density at radius 1 is 1.14 bits per heavy atom. The van der Waals surface area contributed by atoms with Crippen molar-refractivity contribution in [1.82, 2.24) is 9.78 Å². The highest BCUT2D eigenvalue weighted by Crippen LogP contribution is 2.20. The van der Waals surface area contributed by atoms with Gasteiger partial charge in [-0.25, -0.2) is 4.68 Å². The van der Waals surface area contributed by atoms with Gasteiger partial charge in [0.1, 0.15) is 11.8 Å². The van der Waals surface area contributed by atoms with Gasteiger partial charge in [-0.2, -0.15) is 5.10 Å². The molecule has 1 heterocycles. The van der Waals surface area contributed by atoms with Crippen LogP contribution in [0.1, 0.15) is 35.3 Å². The maximum absolute atomic E-state index is 13.1. The monoisotopic (exact) mass is 454 g/mol. The van der Waals surface area contributed by atoms with Crippen LogP contribution in [0.3, 0.4) is 0 Å². The minimum atomic E-state index is -0.650. The Bertz CT molecular complexity index is 1070. The van der Waals surface area contributed by atoms with Crippen molar-refractivity contribution in [3.05, 3.63) is 91.8 Å². The number of Topliss-reactive ketones (excluding diaryl/α,β-unsaturated/α-hetero) is 1. The molecule has 0 aliphatic carbocycles. The van der Waals surface area contributed by atoms with Crippen molar-refractivity contribution in [1.29, 1.82) is 0 Å². The second-order valence-electron chi connectivity index (χ2n) is 6.99.